The van der Waals surface area contributed by atoms with Crippen molar-refractivity contribution in [3.63, 3.8) is 0 Å². The van der Waals surface area contributed by atoms with Crippen LogP contribution in [0.2, 0.25) is 0 Å². The molecule has 3 heteroatoms. The molecule has 1 spiro atoms. The first kappa shape index (κ1) is 12.1. The van der Waals surface area contributed by atoms with Crippen molar-refractivity contribution in [2.75, 3.05) is 0 Å². The Morgan fingerprint density at radius 3 is 2.33 bits per heavy atom. The molecule has 1 fully saturated rings. The predicted molar refractivity (Wildman–Crippen MR) is 67.9 cm³/mol. The van der Waals surface area contributed by atoms with Gasteiger partial charge in [-0.2, -0.15) is 0 Å². The van der Waals surface area contributed by atoms with Crippen molar-refractivity contribution in [2.45, 2.75) is 52.2 Å². The Bertz CT molecular complexity index is 516. The van der Waals surface area contributed by atoms with E-state index in [-0.39, 0.29) is 5.78 Å². The lowest BCUT2D eigenvalue weighted by molar-refractivity contribution is -0.138. The Morgan fingerprint density at radius 2 is 1.83 bits per heavy atom. The SMILES string of the molecule is CC1=C2C(=CC(C)(C)[C@H]2O)C(=O)[C@](C)(O)C12CC2. The summed E-state index contributed by atoms with van der Waals surface area (Å²) in [6.45, 7) is 7.43. The van der Waals surface area contributed by atoms with Gasteiger partial charge >= 0.3 is 0 Å². The molecule has 0 aliphatic heterocycles. The van der Waals surface area contributed by atoms with Crippen LogP contribution in [-0.2, 0) is 4.79 Å². The normalized spacial score (nSPS) is 40.0. The van der Waals surface area contributed by atoms with Crippen LogP contribution in [0.25, 0.3) is 0 Å². The van der Waals surface area contributed by atoms with Crippen LogP contribution in [-0.4, -0.2) is 27.7 Å². The van der Waals surface area contributed by atoms with E-state index in [0.29, 0.717) is 5.57 Å². The number of Topliss-reactive ketones (excluding diaryl/α,β-unsaturated/α-hetero) is 1. The van der Waals surface area contributed by atoms with Gasteiger partial charge in [0.1, 0.15) is 5.60 Å². The molecular weight excluding hydrogens is 228 g/mol. The minimum Gasteiger partial charge on any atom is -0.388 e. The summed E-state index contributed by atoms with van der Waals surface area (Å²) in [5.41, 5.74) is 0.154. The molecule has 18 heavy (non-hydrogen) atoms. The minimum atomic E-state index is -1.31. The average Bonchev–Trinajstić information content (AvgIpc) is 3.02. The summed E-state index contributed by atoms with van der Waals surface area (Å²) in [6.07, 6.45) is 2.86. The van der Waals surface area contributed by atoms with Crippen molar-refractivity contribution in [3.05, 3.63) is 22.8 Å². The molecule has 1 saturated carbocycles. The van der Waals surface area contributed by atoms with E-state index in [2.05, 4.69) is 0 Å². The van der Waals surface area contributed by atoms with Gasteiger partial charge in [-0.15, -0.1) is 0 Å². The second-order valence-electron chi connectivity index (χ2n) is 6.80. The molecule has 0 radical (unpaired) electrons. The summed E-state index contributed by atoms with van der Waals surface area (Å²) in [5.74, 6) is -0.217. The van der Waals surface area contributed by atoms with E-state index >= 15 is 0 Å². The first-order valence-electron chi connectivity index (χ1n) is 6.55. The fourth-order valence-electron chi connectivity index (χ4n) is 3.73. The third-order valence-corrected chi connectivity index (χ3v) is 5.28. The maximum atomic E-state index is 12.5. The van der Waals surface area contributed by atoms with Crippen LogP contribution in [0.5, 0.6) is 0 Å². The molecule has 0 aromatic carbocycles. The molecule has 0 amide bonds. The van der Waals surface area contributed by atoms with E-state index in [1.54, 1.807) is 6.92 Å². The summed E-state index contributed by atoms with van der Waals surface area (Å²) in [6, 6.07) is 0. The molecule has 98 valence electrons. The van der Waals surface area contributed by atoms with Crippen LogP contribution in [0.1, 0.15) is 40.5 Å². The van der Waals surface area contributed by atoms with E-state index in [1.807, 2.05) is 26.8 Å². The second-order valence-corrected chi connectivity index (χ2v) is 6.80. The van der Waals surface area contributed by atoms with Gasteiger partial charge in [0.2, 0.25) is 0 Å². The first-order valence-corrected chi connectivity index (χ1v) is 6.55. The van der Waals surface area contributed by atoms with Gasteiger partial charge in [-0.3, -0.25) is 4.79 Å². The van der Waals surface area contributed by atoms with Gasteiger partial charge < -0.3 is 10.2 Å². The molecule has 0 unspecified atom stereocenters. The number of ketones is 1. The minimum absolute atomic E-state index is 0.217. The van der Waals surface area contributed by atoms with Crippen LogP contribution in [0, 0.1) is 10.8 Å². The van der Waals surface area contributed by atoms with Crippen molar-refractivity contribution >= 4 is 5.78 Å². The van der Waals surface area contributed by atoms with Crippen molar-refractivity contribution in [2.24, 2.45) is 10.8 Å². The highest BCUT2D eigenvalue weighted by molar-refractivity contribution is 6.09. The fourth-order valence-corrected chi connectivity index (χ4v) is 3.73. The molecule has 3 nitrogen and oxygen atoms in total. The van der Waals surface area contributed by atoms with Gasteiger partial charge in [-0.05, 0) is 32.3 Å². The zero-order chi connectivity index (χ0) is 13.5. The molecule has 0 heterocycles. The number of fused-ring (bicyclic) bond motifs is 1. The highest BCUT2D eigenvalue weighted by atomic mass is 16.3. The van der Waals surface area contributed by atoms with Gasteiger partial charge in [0, 0.05) is 16.4 Å². The molecule has 3 rings (SSSR count). The van der Waals surface area contributed by atoms with Crippen LogP contribution in [0.15, 0.2) is 22.8 Å². The van der Waals surface area contributed by atoms with Crippen molar-refractivity contribution in [1.82, 2.24) is 0 Å². The highest BCUT2D eigenvalue weighted by Crippen LogP contribution is 2.65. The maximum absolute atomic E-state index is 12.5. The third kappa shape index (κ3) is 1.10. The largest absolute Gasteiger partial charge is 0.388 e. The van der Waals surface area contributed by atoms with Crippen LogP contribution < -0.4 is 0 Å². The molecule has 2 N–H and O–H groups in total. The van der Waals surface area contributed by atoms with Gasteiger partial charge in [-0.25, -0.2) is 0 Å². The maximum Gasteiger partial charge on any atom is 0.195 e. The number of hydrogen-bond donors (Lipinski definition) is 2. The quantitative estimate of drug-likeness (QED) is 0.686. The first-order chi connectivity index (χ1) is 8.15. The Balaban J connectivity index is 2.28. The highest BCUT2D eigenvalue weighted by Gasteiger charge is 2.66. The van der Waals surface area contributed by atoms with E-state index in [1.165, 1.54) is 0 Å². The summed E-state index contributed by atoms with van der Waals surface area (Å²) in [5, 5.41) is 21.0. The Kier molecular flexibility index (Phi) is 2.00. The molecule has 0 bridgehead atoms. The van der Waals surface area contributed by atoms with Gasteiger partial charge in [0.25, 0.3) is 0 Å². The van der Waals surface area contributed by atoms with Crippen molar-refractivity contribution < 1.29 is 15.0 Å². The van der Waals surface area contributed by atoms with E-state index in [0.717, 1.165) is 24.0 Å². The summed E-state index contributed by atoms with van der Waals surface area (Å²) < 4.78 is 0. The lowest BCUT2D eigenvalue weighted by Crippen LogP contribution is -2.49. The molecule has 3 aliphatic rings. The van der Waals surface area contributed by atoms with Crippen molar-refractivity contribution in [1.29, 1.82) is 0 Å². The van der Waals surface area contributed by atoms with E-state index in [4.69, 9.17) is 0 Å². The number of carbonyl (C=O) groups is 1. The molecule has 0 aromatic heterocycles. The monoisotopic (exact) mass is 248 g/mol. The standard InChI is InChI=1S/C15H20O3/c1-8-10-9(7-13(2,3)12(10)17)11(16)14(4,18)15(8)5-6-15/h7,12,17-18H,5-6H2,1-4H3/t12-,14-/m0/s1. The summed E-state index contributed by atoms with van der Waals surface area (Å²) in [7, 11) is 0. The molecular formula is C15H20O3. The summed E-state index contributed by atoms with van der Waals surface area (Å²) in [4.78, 5) is 12.5. The van der Waals surface area contributed by atoms with Gasteiger partial charge in [0.05, 0.1) is 6.10 Å². The average molecular weight is 248 g/mol. The molecule has 0 aromatic rings. The zero-order valence-corrected chi connectivity index (χ0v) is 11.4. The molecule has 2 atom stereocenters. The van der Waals surface area contributed by atoms with Crippen LogP contribution in [0.3, 0.4) is 0 Å². The topological polar surface area (TPSA) is 57.5 Å². The molecule has 3 aliphatic carbocycles. The Hall–Kier alpha value is -0.930. The number of rotatable bonds is 0. The van der Waals surface area contributed by atoms with Gasteiger partial charge in [-0.1, -0.05) is 25.5 Å². The van der Waals surface area contributed by atoms with E-state index in [9.17, 15) is 15.0 Å². The second kappa shape index (κ2) is 2.97. The Labute approximate surface area is 107 Å². The fraction of sp³-hybridized carbons (Fsp3) is 0.667. The number of carbonyl (C=O) groups excluding carboxylic acids is 1. The van der Waals surface area contributed by atoms with Crippen molar-refractivity contribution in [3.8, 4) is 0 Å². The number of aliphatic hydroxyl groups is 2. The predicted octanol–water partition coefficient (Wildman–Crippen LogP) is 1.74. The van der Waals surface area contributed by atoms with E-state index < -0.39 is 22.5 Å². The number of aliphatic hydroxyl groups excluding tert-OH is 1. The number of hydrogen-bond acceptors (Lipinski definition) is 3. The van der Waals surface area contributed by atoms with Crippen LogP contribution >= 0.6 is 0 Å². The Morgan fingerprint density at radius 1 is 1.28 bits per heavy atom. The van der Waals surface area contributed by atoms with Gasteiger partial charge in [0.15, 0.2) is 5.78 Å². The smallest absolute Gasteiger partial charge is 0.195 e. The lowest BCUT2D eigenvalue weighted by Gasteiger charge is -2.39. The summed E-state index contributed by atoms with van der Waals surface area (Å²) >= 11 is 0. The lowest BCUT2D eigenvalue weighted by atomic mass is 9.67. The third-order valence-electron chi connectivity index (χ3n) is 5.28. The molecule has 0 saturated heterocycles. The van der Waals surface area contributed by atoms with Crippen LogP contribution in [0.4, 0.5) is 0 Å². The zero-order valence-electron chi connectivity index (χ0n) is 11.4.